The van der Waals surface area contributed by atoms with Gasteiger partial charge in [0, 0.05) is 55.9 Å². The monoisotopic (exact) mass is 353 g/mol. The molecule has 1 aliphatic heterocycles. The van der Waals surface area contributed by atoms with E-state index in [0.717, 1.165) is 30.5 Å². The van der Waals surface area contributed by atoms with Gasteiger partial charge in [-0.15, -0.1) is 0 Å². The van der Waals surface area contributed by atoms with Crippen LogP contribution in [0.25, 0.3) is 11.1 Å². The molecule has 4 N–H and O–H groups in total. The first-order chi connectivity index (χ1) is 12.7. The number of aromatic amines is 1. The van der Waals surface area contributed by atoms with E-state index in [4.69, 9.17) is 5.73 Å². The molecule has 26 heavy (non-hydrogen) atoms. The molecule has 2 aromatic heterocycles. The van der Waals surface area contributed by atoms with Crippen molar-refractivity contribution in [2.75, 3.05) is 25.0 Å². The van der Waals surface area contributed by atoms with E-state index in [9.17, 15) is 9.59 Å². The van der Waals surface area contributed by atoms with Crippen LogP contribution in [0.4, 0.5) is 5.69 Å². The van der Waals surface area contributed by atoms with E-state index in [1.807, 2.05) is 18.2 Å². The normalized spacial score (nSPS) is 17.4. The second-order valence-corrected chi connectivity index (χ2v) is 6.27. The van der Waals surface area contributed by atoms with Gasteiger partial charge in [0.15, 0.2) is 0 Å². The Bertz CT molecular complexity index is 831. The first kappa shape index (κ1) is 17.9. The van der Waals surface area contributed by atoms with E-state index >= 15 is 0 Å². The van der Waals surface area contributed by atoms with Crippen LogP contribution in [0.1, 0.15) is 12.8 Å². The van der Waals surface area contributed by atoms with Gasteiger partial charge in [-0.05, 0) is 36.6 Å². The molecule has 2 aromatic rings. The van der Waals surface area contributed by atoms with Gasteiger partial charge in [-0.1, -0.05) is 6.08 Å². The molecule has 136 valence electrons. The number of anilines is 1. The Morgan fingerprint density at radius 3 is 2.96 bits per heavy atom. The molecule has 0 aromatic carbocycles. The highest BCUT2D eigenvalue weighted by molar-refractivity contribution is 5.87. The summed E-state index contributed by atoms with van der Waals surface area (Å²) < 4.78 is 0. The second-order valence-electron chi connectivity index (χ2n) is 6.27. The van der Waals surface area contributed by atoms with Crippen LogP contribution in [0.2, 0.25) is 0 Å². The highest BCUT2D eigenvalue weighted by atomic mass is 16.2. The number of likely N-dealkylation sites (tertiary alicyclic amines) is 1. The zero-order chi connectivity index (χ0) is 18.4. The van der Waals surface area contributed by atoms with Crippen LogP contribution < -0.4 is 16.6 Å². The summed E-state index contributed by atoms with van der Waals surface area (Å²) in [5.74, 6) is -0.0404. The van der Waals surface area contributed by atoms with Crippen molar-refractivity contribution in [3.8, 4) is 11.1 Å². The highest BCUT2D eigenvalue weighted by Gasteiger charge is 2.23. The van der Waals surface area contributed by atoms with E-state index in [2.05, 4.69) is 15.3 Å². The van der Waals surface area contributed by atoms with Crippen LogP contribution in [0.5, 0.6) is 0 Å². The van der Waals surface area contributed by atoms with E-state index in [0.29, 0.717) is 18.8 Å². The Morgan fingerprint density at radius 1 is 1.38 bits per heavy atom. The summed E-state index contributed by atoms with van der Waals surface area (Å²) >= 11 is 0. The first-order valence-electron chi connectivity index (χ1n) is 8.72. The Kier molecular flexibility index (Phi) is 5.80. The summed E-state index contributed by atoms with van der Waals surface area (Å²) in [6.45, 7) is 1.63. The van der Waals surface area contributed by atoms with Crippen molar-refractivity contribution in [3.63, 3.8) is 0 Å². The fourth-order valence-electron chi connectivity index (χ4n) is 3.09. The average Bonchev–Trinajstić information content (AvgIpc) is 2.68. The molecular weight excluding hydrogens is 330 g/mol. The lowest BCUT2D eigenvalue weighted by Gasteiger charge is -2.33. The van der Waals surface area contributed by atoms with Gasteiger partial charge in [-0.2, -0.15) is 0 Å². The van der Waals surface area contributed by atoms with E-state index in [1.54, 1.807) is 29.6 Å². The van der Waals surface area contributed by atoms with Crippen molar-refractivity contribution < 1.29 is 4.79 Å². The van der Waals surface area contributed by atoms with E-state index in [-0.39, 0.29) is 17.5 Å². The number of aromatic nitrogens is 2. The molecule has 0 bridgehead atoms. The maximum absolute atomic E-state index is 12.2. The number of H-pyrrole nitrogens is 1. The van der Waals surface area contributed by atoms with Crippen LogP contribution >= 0.6 is 0 Å². The third-order valence-electron chi connectivity index (χ3n) is 4.41. The van der Waals surface area contributed by atoms with Crippen molar-refractivity contribution in [3.05, 3.63) is 59.3 Å². The maximum Gasteiger partial charge on any atom is 0.271 e. The lowest BCUT2D eigenvalue weighted by molar-refractivity contribution is -0.127. The van der Waals surface area contributed by atoms with Gasteiger partial charge in [0.2, 0.25) is 5.91 Å². The van der Waals surface area contributed by atoms with Crippen molar-refractivity contribution in [2.24, 2.45) is 5.73 Å². The van der Waals surface area contributed by atoms with Gasteiger partial charge in [0.25, 0.3) is 5.56 Å². The minimum Gasteiger partial charge on any atom is -0.376 e. The van der Waals surface area contributed by atoms with Crippen LogP contribution in [0.15, 0.2) is 53.7 Å². The van der Waals surface area contributed by atoms with Crippen LogP contribution in [0.3, 0.4) is 0 Å². The summed E-state index contributed by atoms with van der Waals surface area (Å²) in [5, 5.41) is 3.30. The lowest BCUT2D eigenvalue weighted by Crippen LogP contribution is -2.45. The summed E-state index contributed by atoms with van der Waals surface area (Å²) in [4.78, 5) is 32.9. The fraction of sp³-hybridized carbons (Fsp3) is 0.316. The molecule has 3 heterocycles. The summed E-state index contributed by atoms with van der Waals surface area (Å²) in [5.41, 5.74) is 7.63. The van der Waals surface area contributed by atoms with Crippen molar-refractivity contribution in [1.29, 1.82) is 0 Å². The number of hydrogen-bond donors (Lipinski definition) is 3. The minimum atomic E-state index is -0.172. The quantitative estimate of drug-likeness (QED) is 0.704. The largest absolute Gasteiger partial charge is 0.376 e. The fourth-order valence-corrected chi connectivity index (χ4v) is 3.09. The molecular formula is C19H23N5O2. The molecule has 1 saturated heterocycles. The van der Waals surface area contributed by atoms with Gasteiger partial charge in [-0.25, -0.2) is 0 Å². The number of piperidine rings is 1. The van der Waals surface area contributed by atoms with Gasteiger partial charge < -0.3 is 20.9 Å². The number of nitrogens with one attached hydrogen (secondary N) is 2. The molecule has 7 nitrogen and oxygen atoms in total. The molecule has 0 saturated carbocycles. The third-order valence-corrected chi connectivity index (χ3v) is 4.41. The summed E-state index contributed by atoms with van der Waals surface area (Å²) in [7, 11) is 0. The molecule has 1 amide bonds. The van der Waals surface area contributed by atoms with Gasteiger partial charge in [0.1, 0.15) is 5.69 Å². The van der Waals surface area contributed by atoms with Crippen LogP contribution in [0, 0.1) is 0 Å². The molecule has 1 aliphatic rings. The molecule has 3 rings (SSSR count). The first-order valence-corrected chi connectivity index (χ1v) is 8.72. The molecule has 0 aliphatic carbocycles. The number of rotatable bonds is 5. The number of amides is 1. The number of hydrogen-bond acceptors (Lipinski definition) is 5. The minimum absolute atomic E-state index is 0.0350. The summed E-state index contributed by atoms with van der Waals surface area (Å²) in [6.07, 6.45) is 10.1. The van der Waals surface area contributed by atoms with Crippen molar-refractivity contribution in [2.45, 2.75) is 18.9 Å². The van der Waals surface area contributed by atoms with Gasteiger partial charge in [-0.3, -0.25) is 14.6 Å². The number of nitrogens with zero attached hydrogens (tertiary/aromatic N) is 2. The van der Waals surface area contributed by atoms with Crippen LogP contribution in [-0.2, 0) is 4.79 Å². The summed E-state index contributed by atoms with van der Waals surface area (Å²) in [6, 6.07) is 5.65. The number of carbonyl (C=O) groups excluding carboxylic acids is 1. The van der Waals surface area contributed by atoms with E-state index in [1.165, 1.54) is 6.08 Å². The van der Waals surface area contributed by atoms with Gasteiger partial charge >= 0.3 is 0 Å². The lowest BCUT2D eigenvalue weighted by atomic mass is 10.0. The standard InChI is InChI=1S/C19H23N5O2/c20-7-1-4-18(25)24-10-2-3-16(13-24)23-17-11-15(12-22-19(17)26)14-5-8-21-9-6-14/h1,4-6,8-9,11-12,16,23H,2-3,7,10,13,20H2,(H,22,26)/t16-/m0/s1. The number of carbonyl (C=O) groups is 1. The molecule has 0 unspecified atom stereocenters. The Labute approximate surface area is 151 Å². The van der Waals surface area contributed by atoms with Gasteiger partial charge in [0.05, 0.1) is 0 Å². The molecule has 1 atom stereocenters. The molecule has 1 fully saturated rings. The Morgan fingerprint density at radius 2 is 2.19 bits per heavy atom. The molecule has 0 spiro atoms. The predicted molar refractivity (Wildman–Crippen MR) is 102 cm³/mol. The zero-order valence-electron chi connectivity index (χ0n) is 14.5. The number of pyridine rings is 2. The third kappa shape index (κ3) is 4.37. The Hall–Kier alpha value is -2.93. The highest BCUT2D eigenvalue weighted by Crippen LogP contribution is 2.20. The molecule has 0 radical (unpaired) electrons. The zero-order valence-corrected chi connectivity index (χ0v) is 14.5. The topological polar surface area (TPSA) is 104 Å². The smallest absolute Gasteiger partial charge is 0.271 e. The van der Waals surface area contributed by atoms with Crippen molar-refractivity contribution in [1.82, 2.24) is 14.9 Å². The molecule has 7 heteroatoms. The van der Waals surface area contributed by atoms with E-state index < -0.39 is 0 Å². The Balaban J connectivity index is 1.73. The predicted octanol–water partition coefficient (Wildman–Crippen LogP) is 1.35. The number of nitrogens with two attached hydrogens (primary N) is 1. The van der Waals surface area contributed by atoms with Crippen LogP contribution in [-0.4, -0.2) is 46.5 Å². The van der Waals surface area contributed by atoms with Crippen molar-refractivity contribution >= 4 is 11.6 Å². The average molecular weight is 353 g/mol. The second kappa shape index (κ2) is 8.44. The SMILES string of the molecule is NCC=CC(=O)N1CCC[C@H](Nc2cc(-c3ccncc3)c[nH]c2=O)C1. The maximum atomic E-state index is 12.2.